The Balaban J connectivity index is 0.000000461. The Kier molecular flexibility index (Phi) is 7.08. The first kappa shape index (κ1) is 17.0. The molecule has 1 fully saturated rings. The second-order valence-corrected chi connectivity index (χ2v) is 4.97. The van der Waals surface area contributed by atoms with Gasteiger partial charge < -0.3 is 10.2 Å². The zero-order chi connectivity index (χ0) is 15.1. The summed E-state index contributed by atoms with van der Waals surface area (Å²) in [7, 11) is 0. The average Bonchev–Trinajstić information content (AvgIpc) is 2.87. The fourth-order valence-electron chi connectivity index (χ4n) is 3.47. The quantitative estimate of drug-likeness (QED) is 0.821. The molecule has 2 atom stereocenters. The number of fused-ring (bicyclic) bond motifs is 3. The van der Waals surface area contributed by atoms with E-state index in [9.17, 15) is 0 Å². The van der Waals surface area contributed by atoms with Crippen LogP contribution in [-0.2, 0) is 0 Å². The summed E-state index contributed by atoms with van der Waals surface area (Å²) in [5.74, 6) is 0.712. The minimum absolute atomic E-state index is 0.712. The first-order valence-electron chi connectivity index (χ1n) is 8.39. The van der Waals surface area contributed by atoms with Crippen LogP contribution < -0.4 is 10.2 Å². The highest BCUT2D eigenvalue weighted by atomic mass is 15.2. The Labute approximate surface area is 125 Å². The number of piperidine rings is 1. The largest absolute Gasteiger partial charge is 0.368 e. The van der Waals surface area contributed by atoms with E-state index >= 15 is 0 Å². The molecule has 2 heteroatoms. The normalized spacial score (nSPS) is 22.8. The molecule has 1 aromatic carbocycles. The van der Waals surface area contributed by atoms with Gasteiger partial charge in [0.2, 0.25) is 0 Å². The number of rotatable bonds is 1. The van der Waals surface area contributed by atoms with Crippen LogP contribution in [0.5, 0.6) is 0 Å². The van der Waals surface area contributed by atoms with Crippen LogP contribution in [0.1, 0.15) is 58.1 Å². The highest BCUT2D eigenvalue weighted by Crippen LogP contribution is 2.44. The van der Waals surface area contributed by atoms with Gasteiger partial charge in [-0.15, -0.1) is 0 Å². The van der Waals surface area contributed by atoms with Crippen LogP contribution in [0.3, 0.4) is 0 Å². The summed E-state index contributed by atoms with van der Waals surface area (Å²) in [5, 5.41) is 3.53. The molecule has 2 aliphatic heterocycles. The van der Waals surface area contributed by atoms with E-state index in [-0.39, 0.29) is 0 Å². The third-order valence-electron chi connectivity index (χ3n) is 4.14. The molecule has 1 saturated heterocycles. The molecule has 0 aliphatic carbocycles. The Morgan fingerprint density at radius 2 is 1.90 bits per heavy atom. The first-order chi connectivity index (χ1) is 9.83. The molecule has 2 unspecified atom stereocenters. The van der Waals surface area contributed by atoms with Gasteiger partial charge in [-0.2, -0.15) is 0 Å². The van der Waals surface area contributed by atoms with Gasteiger partial charge in [0.25, 0.3) is 0 Å². The van der Waals surface area contributed by atoms with Crippen LogP contribution in [0.4, 0.5) is 5.69 Å². The Hall–Kier alpha value is -1.02. The van der Waals surface area contributed by atoms with Crippen molar-refractivity contribution in [1.29, 1.82) is 0 Å². The molecule has 0 amide bonds. The van der Waals surface area contributed by atoms with Crippen molar-refractivity contribution in [2.45, 2.75) is 59.9 Å². The second-order valence-electron chi connectivity index (χ2n) is 4.97. The van der Waals surface area contributed by atoms with Gasteiger partial charge in [0.15, 0.2) is 0 Å². The molecule has 2 heterocycles. The summed E-state index contributed by atoms with van der Waals surface area (Å²) in [6, 6.07) is 7.51. The number of likely N-dealkylation sites (N-methyl/N-ethyl adjacent to an activating group) is 1. The summed E-state index contributed by atoms with van der Waals surface area (Å²) in [5.41, 5.74) is 4.52. The van der Waals surface area contributed by atoms with E-state index in [0.29, 0.717) is 5.92 Å². The van der Waals surface area contributed by atoms with Gasteiger partial charge in [0.1, 0.15) is 0 Å². The predicted molar refractivity (Wildman–Crippen MR) is 90.9 cm³/mol. The van der Waals surface area contributed by atoms with Gasteiger partial charge >= 0.3 is 0 Å². The number of hydrogen-bond donors (Lipinski definition) is 1. The van der Waals surface area contributed by atoms with E-state index < -0.39 is 0 Å². The number of hydrogen-bond acceptors (Lipinski definition) is 2. The van der Waals surface area contributed by atoms with Gasteiger partial charge in [-0.05, 0) is 37.9 Å². The Bertz CT molecular complexity index is 400. The van der Waals surface area contributed by atoms with E-state index in [1.54, 1.807) is 5.56 Å². The zero-order valence-electron chi connectivity index (χ0n) is 14.2. The smallest absolute Gasteiger partial charge is 0.0435 e. The van der Waals surface area contributed by atoms with Crippen LogP contribution in [0.2, 0.25) is 0 Å². The van der Waals surface area contributed by atoms with Crippen LogP contribution in [0.25, 0.3) is 0 Å². The van der Waals surface area contributed by atoms with Gasteiger partial charge in [0.05, 0.1) is 0 Å². The molecule has 1 aromatic rings. The van der Waals surface area contributed by atoms with E-state index in [1.165, 1.54) is 24.2 Å². The van der Waals surface area contributed by atoms with Crippen LogP contribution >= 0.6 is 0 Å². The summed E-state index contributed by atoms with van der Waals surface area (Å²) < 4.78 is 0. The number of anilines is 1. The van der Waals surface area contributed by atoms with Crippen molar-refractivity contribution in [2.75, 3.05) is 24.5 Å². The van der Waals surface area contributed by atoms with E-state index in [2.05, 4.69) is 42.3 Å². The molecule has 0 aromatic heterocycles. The standard InChI is InChI=1S/C14H20N2.2C2H6/c1-3-16-13-7-8-15-9-12(13)11-6-4-5-10(2)14(11)16;2*1-2/h4-6,12-13,15H,3,7-9H2,1-2H3;2*1-2H3. The zero-order valence-corrected chi connectivity index (χ0v) is 14.2. The molecule has 3 rings (SSSR count). The Morgan fingerprint density at radius 1 is 1.20 bits per heavy atom. The summed E-state index contributed by atoms with van der Waals surface area (Å²) in [4.78, 5) is 2.62. The van der Waals surface area contributed by atoms with Crippen molar-refractivity contribution in [1.82, 2.24) is 5.32 Å². The molecule has 114 valence electrons. The van der Waals surface area contributed by atoms with Gasteiger partial charge in [-0.3, -0.25) is 0 Å². The van der Waals surface area contributed by atoms with Gasteiger partial charge in [-0.1, -0.05) is 45.9 Å². The van der Waals surface area contributed by atoms with Crippen molar-refractivity contribution in [2.24, 2.45) is 0 Å². The second kappa shape index (κ2) is 8.31. The SMILES string of the molecule is CC.CC.CCN1c2c(C)cccc2C2CNCCC21. The lowest BCUT2D eigenvalue weighted by Gasteiger charge is -2.33. The lowest BCUT2D eigenvalue weighted by atomic mass is 9.90. The molecule has 2 nitrogen and oxygen atoms in total. The maximum Gasteiger partial charge on any atom is 0.0435 e. The first-order valence-corrected chi connectivity index (χ1v) is 8.39. The van der Waals surface area contributed by atoms with Crippen molar-refractivity contribution >= 4 is 5.69 Å². The Morgan fingerprint density at radius 3 is 2.55 bits per heavy atom. The molecule has 2 aliphatic rings. The molecule has 0 radical (unpaired) electrons. The number of aryl methyl sites for hydroxylation is 1. The lowest BCUT2D eigenvalue weighted by Crippen LogP contribution is -2.44. The van der Waals surface area contributed by atoms with Gasteiger partial charge in [-0.25, -0.2) is 0 Å². The van der Waals surface area contributed by atoms with E-state index in [4.69, 9.17) is 0 Å². The minimum Gasteiger partial charge on any atom is -0.368 e. The lowest BCUT2D eigenvalue weighted by molar-refractivity contribution is 0.406. The van der Waals surface area contributed by atoms with Crippen molar-refractivity contribution in [3.05, 3.63) is 29.3 Å². The average molecular weight is 276 g/mol. The summed E-state index contributed by atoms with van der Waals surface area (Å²) in [6.07, 6.45) is 1.28. The fourth-order valence-corrected chi connectivity index (χ4v) is 3.47. The predicted octanol–water partition coefficient (Wildman–Crippen LogP) is 4.33. The third-order valence-corrected chi connectivity index (χ3v) is 4.14. The number of para-hydroxylation sites is 1. The van der Waals surface area contributed by atoms with E-state index in [1.807, 2.05) is 27.7 Å². The number of benzene rings is 1. The van der Waals surface area contributed by atoms with Crippen molar-refractivity contribution in [3.8, 4) is 0 Å². The summed E-state index contributed by atoms with van der Waals surface area (Å²) >= 11 is 0. The van der Waals surface area contributed by atoms with Gasteiger partial charge in [0, 0.05) is 30.7 Å². The molecule has 0 bridgehead atoms. The number of nitrogens with one attached hydrogen (secondary N) is 1. The molecule has 1 N–H and O–H groups in total. The van der Waals surface area contributed by atoms with E-state index in [0.717, 1.165) is 19.1 Å². The minimum atomic E-state index is 0.712. The van der Waals surface area contributed by atoms with Crippen LogP contribution in [0, 0.1) is 6.92 Å². The van der Waals surface area contributed by atoms with Crippen molar-refractivity contribution in [3.63, 3.8) is 0 Å². The molecule has 0 saturated carbocycles. The summed E-state index contributed by atoms with van der Waals surface area (Å²) in [6.45, 7) is 16.0. The van der Waals surface area contributed by atoms with Crippen LogP contribution in [0.15, 0.2) is 18.2 Å². The van der Waals surface area contributed by atoms with Crippen molar-refractivity contribution < 1.29 is 0 Å². The topological polar surface area (TPSA) is 15.3 Å². The molecular formula is C18H32N2. The highest BCUT2D eigenvalue weighted by Gasteiger charge is 2.39. The van der Waals surface area contributed by atoms with Crippen LogP contribution in [-0.4, -0.2) is 25.7 Å². The third kappa shape index (κ3) is 3.01. The molecule has 20 heavy (non-hydrogen) atoms. The highest BCUT2D eigenvalue weighted by molar-refractivity contribution is 5.66. The maximum atomic E-state index is 3.53. The number of nitrogens with zero attached hydrogens (tertiary/aromatic N) is 1. The molecular weight excluding hydrogens is 244 g/mol. The fraction of sp³-hybridized carbons (Fsp3) is 0.667. The molecule has 0 spiro atoms. The maximum absolute atomic E-state index is 3.53. The monoisotopic (exact) mass is 276 g/mol.